The molecule has 2 aromatic rings. The van der Waals surface area contributed by atoms with Crippen LogP contribution in [-0.2, 0) is 19.1 Å². The molecule has 9 nitrogen and oxygen atoms in total. The van der Waals surface area contributed by atoms with Crippen molar-refractivity contribution < 1.29 is 23.6 Å². The second kappa shape index (κ2) is 7.66. The monoisotopic (exact) mass is 498 g/mol. The van der Waals surface area contributed by atoms with E-state index >= 15 is 0 Å². The van der Waals surface area contributed by atoms with Crippen molar-refractivity contribution in [3.63, 3.8) is 0 Å². The molecule has 4 heterocycles. The number of para-hydroxylation sites is 1. The molecule has 3 amide bonds. The number of aromatic nitrogens is 1. The molecule has 2 fully saturated rings. The molecule has 2 saturated heterocycles. The fourth-order valence-electron chi connectivity index (χ4n) is 5.51. The normalized spacial score (nSPS) is 31.1. The lowest BCUT2D eigenvalue weighted by Crippen LogP contribution is -2.58. The lowest BCUT2D eigenvalue weighted by Gasteiger charge is -2.35. The van der Waals surface area contributed by atoms with Gasteiger partial charge in [-0.15, -0.1) is 0 Å². The number of amides is 3. The first-order valence-electron chi connectivity index (χ1n) is 11.4. The highest BCUT2D eigenvalue weighted by molar-refractivity contribution is 6.34. The standard InChI is InChI=1S/C25H27ClN4O5/c1-13-12-16(29-34-13)27-20(31)17-18-22(33)30(15-9-7-6-8-14(15)26)19(21(32)28-23(2,3)4)25(18)11-10-24(17,5)35-25/h6-12,17-19H,1-5H3,(H,28,32)(H,27,29,31)/t17-,18+,19-,24+,25+/m0/s1. The number of fused-ring (bicyclic) bond motifs is 1. The van der Waals surface area contributed by atoms with Gasteiger partial charge in [-0.1, -0.05) is 41.0 Å². The van der Waals surface area contributed by atoms with E-state index in [0.717, 1.165) is 0 Å². The SMILES string of the molecule is Cc1cc(NC(=O)[C@@H]2[C@@H]3C(=O)N(c4ccccc4Cl)[C@@H](C(=O)NC(C)(C)C)[C@@]34C=C[C@@]2(C)O4)no1. The van der Waals surface area contributed by atoms with Crippen LogP contribution in [0.3, 0.4) is 0 Å². The van der Waals surface area contributed by atoms with Gasteiger partial charge in [0.05, 0.1) is 28.1 Å². The van der Waals surface area contributed by atoms with Crippen LogP contribution in [0, 0.1) is 18.8 Å². The van der Waals surface area contributed by atoms with E-state index in [2.05, 4.69) is 15.8 Å². The van der Waals surface area contributed by atoms with Crippen LogP contribution < -0.4 is 15.5 Å². The third kappa shape index (κ3) is 3.56. The Labute approximate surface area is 207 Å². The van der Waals surface area contributed by atoms with Gasteiger partial charge in [0.25, 0.3) is 0 Å². The summed E-state index contributed by atoms with van der Waals surface area (Å²) in [7, 11) is 0. The molecule has 5 atom stereocenters. The van der Waals surface area contributed by atoms with Gasteiger partial charge in [0.2, 0.25) is 17.7 Å². The minimum atomic E-state index is -1.35. The summed E-state index contributed by atoms with van der Waals surface area (Å²) in [5, 5.41) is 9.86. The van der Waals surface area contributed by atoms with E-state index in [-0.39, 0.29) is 5.82 Å². The Morgan fingerprint density at radius 1 is 1.17 bits per heavy atom. The molecule has 10 heteroatoms. The summed E-state index contributed by atoms with van der Waals surface area (Å²) in [6.45, 7) is 9.04. The van der Waals surface area contributed by atoms with Crippen LogP contribution >= 0.6 is 11.6 Å². The van der Waals surface area contributed by atoms with E-state index in [1.54, 1.807) is 56.3 Å². The predicted octanol–water partition coefficient (Wildman–Crippen LogP) is 3.23. The van der Waals surface area contributed by atoms with Crippen LogP contribution in [0.15, 0.2) is 47.0 Å². The zero-order valence-corrected chi connectivity index (χ0v) is 20.8. The number of nitrogens with one attached hydrogen (secondary N) is 2. The third-order valence-corrected chi connectivity index (χ3v) is 7.04. The second-order valence-electron chi connectivity index (χ2n) is 10.5. The number of halogens is 1. The molecule has 1 spiro atoms. The number of carbonyl (C=O) groups excluding carboxylic acids is 3. The number of carbonyl (C=O) groups is 3. The molecule has 3 aliphatic rings. The van der Waals surface area contributed by atoms with Gasteiger partial charge < -0.3 is 19.9 Å². The molecule has 0 radical (unpaired) electrons. The zero-order chi connectivity index (χ0) is 25.3. The lowest BCUT2D eigenvalue weighted by atomic mass is 9.70. The molecule has 5 rings (SSSR count). The van der Waals surface area contributed by atoms with Gasteiger partial charge in [0.1, 0.15) is 17.4 Å². The van der Waals surface area contributed by atoms with E-state index in [4.69, 9.17) is 20.9 Å². The Balaban J connectivity index is 1.61. The fraction of sp³-hybridized carbons (Fsp3) is 0.440. The van der Waals surface area contributed by atoms with E-state index < -0.39 is 52.3 Å². The van der Waals surface area contributed by atoms with Crippen LogP contribution in [0.4, 0.5) is 11.5 Å². The van der Waals surface area contributed by atoms with Crippen LogP contribution in [0.2, 0.25) is 5.02 Å². The van der Waals surface area contributed by atoms with Crippen molar-refractivity contribution in [1.29, 1.82) is 0 Å². The van der Waals surface area contributed by atoms with Crippen molar-refractivity contribution in [3.8, 4) is 0 Å². The molecular formula is C25H27ClN4O5. The van der Waals surface area contributed by atoms with Crippen LogP contribution in [0.1, 0.15) is 33.5 Å². The van der Waals surface area contributed by atoms with Gasteiger partial charge in [-0.3, -0.25) is 19.3 Å². The Hall–Kier alpha value is -3.17. The first kappa shape index (κ1) is 23.6. The minimum Gasteiger partial charge on any atom is -0.360 e. The van der Waals surface area contributed by atoms with Gasteiger partial charge in [-0.2, -0.15) is 0 Å². The largest absolute Gasteiger partial charge is 0.360 e. The average molecular weight is 499 g/mol. The summed E-state index contributed by atoms with van der Waals surface area (Å²) in [4.78, 5) is 42.7. The smallest absolute Gasteiger partial charge is 0.246 e. The molecule has 2 bridgehead atoms. The molecular weight excluding hydrogens is 472 g/mol. The van der Waals surface area contributed by atoms with Crippen molar-refractivity contribution in [2.24, 2.45) is 11.8 Å². The predicted molar refractivity (Wildman–Crippen MR) is 129 cm³/mol. The van der Waals surface area contributed by atoms with Crippen molar-refractivity contribution in [2.45, 2.75) is 57.4 Å². The number of rotatable bonds is 4. The Bertz CT molecular complexity index is 1270. The summed E-state index contributed by atoms with van der Waals surface area (Å²) < 4.78 is 11.5. The maximum Gasteiger partial charge on any atom is 0.246 e. The van der Waals surface area contributed by atoms with Crippen molar-refractivity contribution in [2.75, 3.05) is 10.2 Å². The number of aryl methyl sites for hydroxylation is 1. The summed E-state index contributed by atoms with van der Waals surface area (Å²) in [5.41, 5.74) is -2.61. The number of hydrogen-bond donors (Lipinski definition) is 2. The molecule has 0 unspecified atom stereocenters. The Morgan fingerprint density at radius 2 is 1.89 bits per heavy atom. The van der Waals surface area contributed by atoms with Gasteiger partial charge in [0.15, 0.2) is 5.82 Å². The van der Waals surface area contributed by atoms with Crippen molar-refractivity contribution in [3.05, 3.63) is 53.3 Å². The van der Waals surface area contributed by atoms with Crippen LogP contribution in [-0.4, -0.2) is 45.7 Å². The number of nitrogens with zero attached hydrogens (tertiary/aromatic N) is 2. The Kier molecular flexibility index (Phi) is 5.16. The average Bonchev–Trinajstić information content (AvgIpc) is 3.44. The lowest BCUT2D eigenvalue weighted by molar-refractivity contribution is -0.131. The van der Waals surface area contributed by atoms with E-state index in [0.29, 0.717) is 16.5 Å². The van der Waals surface area contributed by atoms with Gasteiger partial charge in [-0.25, -0.2) is 0 Å². The molecule has 1 aromatic heterocycles. The molecule has 3 aliphatic heterocycles. The molecule has 0 saturated carbocycles. The molecule has 1 aromatic carbocycles. The fourth-order valence-corrected chi connectivity index (χ4v) is 5.73. The summed E-state index contributed by atoms with van der Waals surface area (Å²) in [5.74, 6) is -2.32. The topological polar surface area (TPSA) is 114 Å². The first-order valence-corrected chi connectivity index (χ1v) is 11.8. The summed E-state index contributed by atoms with van der Waals surface area (Å²) >= 11 is 6.48. The van der Waals surface area contributed by atoms with E-state index in [9.17, 15) is 14.4 Å². The van der Waals surface area contributed by atoms with Crippen LogP contribution in [0.5, 0.6) is 0 Å². The summed E-state index contributed by atoms with van der Waals surface area (Å²) in [6, 6.07) is 7.35. The molecule has 2 N–H and O–H groups in total. The zero-order valence-electron chi connectivity index (χ0n) is 20.1. The van der Waals surface area contributed by atoms with Gasteiger partial charge in [-0.05, 0) is 46.8 Å². The minimum absolute atomic E-state index is 0.243. The third-order valence-electron chi connectivity index (χ3n) is 6.72. The highest BCUT2D eigenvalue weighted by Crippen LogP contribution is 2.60. The summed E-state index contributed by atoms with van der Waals surface area (Å²) in [6.07, 6.45) is 3.52. The maximum atomic E-state index is 14.1. The van der Waals surface area contributed by atoms with Gasteiger partial charge >= 0.3 is 0 Å². The Morgan fingerprint density at radius 3 is 2.51 bits per heavy atom. The number of ether oxygens (including phenoxy) is 1. The van der Waals surface area contributed by atoms with Crippen molar-refractivity contribution >= 4 is 40.8 Å². The molecule has 0 aliphatic carbocycles. The highest BCUT2D eigenvalue weighted by atomic mass is 35.5. The second-order valence-corrected chi connectivity index (χ2v) is 10.9. The van der Waals surface area contributed by atoms with E-state index in [1.807, 2.05) is 20.8 Å². The van der Waals surface area contributed by atoms with Crippen molar-refractivity contribution in [1.82, 2.24) is 10.5 Å². The number of hydrogen-bond acceptors (Lipinski definition) is 6. The quantitative estimate of drug-likeness (QED) is 0.625. The highest BCUT2D eigenvalue weighted by Gasteiger charge is 2.76. The first-order chi connectivity index (χ1) is 16.4. The maximum absolute atomic E-state index is 14.1. The van der Waals surface area contributed by atoms with E-state index in [1.165, 1.54) is 4.90 Å². The molecule has 35 heavy (non-hydrogen) atoms. The molecule has 184 valence electrons. The number of benzene rings is 1. The number of anilines is 2. The van der Waals surface area contributed by atoms with Gasteiger partial charge in [0, 0.05) is 11.6 Å². The van der Waals surface area contributed by atoms with Crippen LogP contribution in [0.25, 0.3) is 0 Å².